The minimum atomic E-state index is -0.852. The predicted molar refractivity (Wildman–Crippen MR) is 89.3 cm³/mol. The van der Waals surface area contributed by atoms with Crippen molar-refractivity contribution in [3.05, 3.63) is 82.0 Å². The largest absolute Gasteiger partial charge is 0.423 e. The molecule has 24 heavy (non-hydrogen) atoms. The second-order valence-corrected chi connectivity index (χ2v) is 5.66. The molecule has 1 aromatic heterocycles. The van der Waals surface area contributed by atoms with Crippen molar-refractivity contribution in [1.82, 2.24) is 5.32 Å². The van der Waals surface area contributed by atoms with Crippen LogP contribution in [0.1, 0.15) is 16.5 Å². The third-order valence-electron chi connectivity index (χ3n) is 3.57. The fourth-order valence-electron chi connectivity index (χ4n) is 2.39. The average Bonchev–Trinajstić information content (AvgIpc) is 2.60. The lowest BCUT2D eigenvalue weighted by Crippen LogP contribution is -2.27. The highest BCUT2D eigenvalue weighted by atomic mass is 35.5. The van der Waals surface area contributed by atoms with Gasteiger partial charge < -0.3 is 9.73 Å². The number of rotatable bonds is 4. The zero-order valence-electron chi connectivity index (χ0n) is 12.5. The maximum atomic E-state index is 13.4. The van der Waals surface area contributed by atoms with E-state index in [9.17, 15) is 14.0 Å². The fraction of sp³-hybridized carbons (Fsp3) is 0.111. The van der Waals surface area contributed by atoms with Crippen LogP contribution in [0.25, 0.3) is 11.0 Å². The Balaban J connectivity index is 1.82. The number of hydrogen-bond donors (Lipinski definition) is 1. The quantitative estimate of drug-likeness (QED) is 0.581. The Morgan fingerprint density at radius 3 is 2.67 bits per heavy atom. The Hall–Kier alpha value is -2.66. The lowest BCUT2D eigenvalue weighted by atomic mass is 10.1. The Kier molecular flexibility index (Phi) is 4.62. The van der Waals surface area contributed by atoms with Crippen LogP contribution in [0.2, 0.25) is 0 Å². The van der Waals surface area contributed by atoms with Gasteiger partial charge in [-0.2, -0.15) is 0 Å². The second-order valence-electron chi connectivity index (χ2n) is 5.22. The first-order valence-corrected chi connectivity index (χ1v) is 7.67. The van der Waals surface area contributed by atoms with Gasteiger partial charge in [0.2, 0.25) is 5.91 Å². The van der Waals surface area contributed by atoms with E-state index < -0.39 is 22.7 Å². The molecule has 1 heterocycles. The van der Waals surface area contributed by atoms with Gasteiger partial charge in [0.25, 0.3) is 0 Å². The zero-order chi connectivity index (χ0) is 17.1. The SMILES string of the molecule is O=C(NCc1cc(=O)oc2ccc(F)cc12)C(Cl)c1ccccc1. The van der Waals surface area contributed by atoms with E-state index in [1.165, 1.54) is 24.3 Å². The number of fused-ring (bicyclic) bond motifs is 1. The maximum Gasteiger partial charge on any atom is 0.336 e. The van der Waals surface area contributed by atoms with Gasteiger partial charge in [-0.15, -0.1) is 11.6 Å². The van der Waals surface area contributed by atoms with E-state index in [-0.39, 0.29) is 12.1 Å². The van der Waals surface area contributed by atoms with Crippen LogP contribution in [0.4, 0.5) is 4.39 Å². The van der Waals surface area contributed by atoms with Gasteiger partial charge >= 0.3 is 5.63 Å². The third kappa shape index (κ3) is 3.46. The van der Waals surface area contributed by atoms with E-state index in [4.69, 9.17) is 16.0 Å². The lowest BCUT2D eigenvalue weighted by molar-refractivity contribution is -0.121. The summed E-state index contributed by atoms with van der Waals surface area (Å²) in [5.41, 5.74) is 0.827. The molecule has 0 aliphatic heterocycles. The summed E-state index contributed by atoms with van der Waals surface area (Å²) in [5.74, 6) is -0.857. The van der Waals surface area contributed by atoms with E-state index >= 15 is 0 Å². The molecule has 1 N–H and O–H groups in total. The number of halogens is 2. The molecule has 1 amide bonds. The summed E-state index contributed by atoms with van der Waals surface area (Å²) in [5, 5.41) is 2.24. The average molecular weight is 346 g/mol. The molecule has 2 aromatic carbocycles. The van der Waals surface area contributed by atoms with Crippen LogP contribution in [0.5, 0.6) is 0 Å². The summed E-state index contributed by atoms with van der Waals surface area (Å²) in [6, 6.07) is 14.0. The van der Waals surface area contributed by atoms with Crippen LogP contribution >= 0.6 is 11.6 Å². The van der Waals surface area contributed by atoms with Gasteiger partial charge in [-0.1, -0.05) is 30.3 Å². The molecule has 4 nitrogen and oxygen atoms in total. The molecule has 3 rings (SSSR count). The van der Waals surface area contributed by atoms with Crippen LogP contribution < -0.4 is 10.9 Å². The van der Waals surface area contributed by atoms with E-state index in [0.29, 0.717) is 16.5 Å². The summed E-state index contributed by atoms with van der Waals surface area (Å²) in [4.78, 5) is 23.8. The monoisotopic (exact) mass is 345 g/mol. The third-order valence-corrected chi connectivity index (χ3v) is 4.02. The maximum absolute atomic E-state index is 13.4. The van der Waals surface area contributed by atoms with Crippen molar-refractivity contribution in [1.29, 1.82) is 0 Å². The summed E-state index contributed by atoms with van der Waals surface area (Å²) in [6.45, 7) is 0.0421. The van der Waals surface area contributed by atoms with Crippen LogP contribution in [-0.4, -0.2) is 5.91 Å². The van der Waals surface area contributed by atoms with Crippen molar-refractivity contribution in [2.45, 2.75) is 11.9 Å². The van der Waals surface area contributed by atoms with Gasteiger partial charge in [0, 0.05) is 18.0 Å². The molecule has 0 aliphatic rings. The van der Waals surface area contributed by atoms with Gasteiger partial charge in [-0.3, -0.25) is 4.79 Å². The molecule has 0 saturated carbocycles. The van der Waals surface area contributed by atoms with Gasteiger partial charge in [0.05, 0.1) is 0 Å². The smallest absolute Gasteiger partial charge is 0.336 e. The first-order valence-electron chi connectivity index (χ1n) is 7.23. The standard InChI is InChI=1S/C18H13ClFNO3/c19-17(11-4-2-1-3-5-11)18(23)21-10-12-8-16(22)24-15-7-6-13(20)9-14(12)15/h1-9,17H,10H2,(H,21,23). The topological polar surface area (TPSA) is 59.3 Å². The lowest BCUT2D eigenvalue weighted by Gasteiger charge is -2.11. The zero-order valence-corrected chi connectivity index (χ0v) is 13.2. The molecule has 6 heteroatoms. The van der Waals surface area contributed by atoms with Crippen LogP contribution in [0.15, 0.2) is 63.8 Å². The number of amides is 1. The molecular formula is C18H13ClFNO3. The first-order chi connectivity index (χ1) is 11.5. The van der Waals surface area contributed by atoms with Crippen molar-refractivity contribution < 1.29 is 13.6 Å². The molecule has 0 spiro atoms. The van der Waals surface area contributed by atoms with Gasteiger partial charge in [-0.05, 0) is 29.3 Å². The molecule has 0 saturated heterocycles. The summed E-state index contributed by atoms with van der Waals surface area (Å²) < 4.78 is 18.5. The predicted octanol–water partition coefficient (Wildman–Crippen LogP) is 3.53. The van der Waals surface area contributed by atoms with Gasteiger partial charge in [0.1, 0.15) is 16.8 Å². The number of nitrogens with one attached hydrogen (secondary N) is 1. The van der Waals surface area contributed by atoms with Crippen molar-refractivity contribution >= 4 is 28.5 Å². The Bertz CT molecular complexity index is 940. The molecular weight excluding hydrogens is 333 g/mol. The van der Waals surface area contributed by atoms with E-state index in [0.717, 1.165) is 0 Å². The van der Waals surface area contributed by atoms with Crippen LogP contribution in [0, 0.1) is 5.82 Å². The Labute approximate surface area is 141 Å². The highest BCUT2D eigenvalue weighted by Gasteiger charge is 2.17. The van der Waals surface area contributed by atoms with Crippen molar-refractivity contribution in [2.24, 2.45) is 0 Å². The number of hydrogen-bond acceptors (Lipinski definition) is 3. The van der Waals surface area contributed by atoms with Gasteiger partial charge in [0.15, 0.2) is 0 Å². The Morgan fingerprint density at radius 2 is 1.92 bits per heavy atom. The molecule has 1 atom stereocenters. The summed E-state index contributed by atoms with van der Waals surface area (Å²) >= 11 is 6.15. The van der Waals surface area contributed by atoms with Crippen molar-refractivity contribution in [3.8, 4) is 0 Å². The van der Waals surface area contributed by atoms with E-state index in [1.54, 1.807) is 24.3 Å². The summed E-state index contributed by atoms with van der Waals surface area (Å²) in [6.07, 6.45) is 0. The number of carbonyl (C=O) groups is 1. The number of benzene rings is 2. The molecule has 0 bridgehead atoms. The van der Waals surface area contributed by atoms with Crippen LogP contribution in [0.3, 0.4) is 0 Å². The first kappa shape index (κ1) is 16.2. The Morgan fingerprint density at radius 1 is 1.17 bits per heavy atom. The minimum Gasteiger partial charge on any atom is -0.423 e. The van der Waals surface area contributed by atoms with Gasteiger partial charge in [-0.25, -0.2) is 9.18 Å². The highest BCUT2D eigenvalue weighted by molar-refractivity contribution is 6.30. The van der Waals surface area contributed by atoms with E-state index in [1.807, 2.05) is 6.07 Å². The highest BCUT2D eigenvalue weighted by Crippen LogP contribution is 2.21. The molecule has 0 fully saturated rings. The second kappa shape index (κ2) is 6.84. The van der Waals surface area contributed by atoms with Crippen molar-refractivity contribution in [2.75, 3.05) is 0 Å². The molecule has 0 aliphatic carbocycles. The fourth-order valence-corrected chi connectivity index (χ4v) is 2.61. The number of carbonyl (C=O) groups excluding carboxylic acids is 1. The minimum absolute atomic E-state index is 0.0421. The van der Waals surface area contributed by atoms with Crippen LogP contribution in [-0.2, 0) is 11.3 Å². The molecule has 122 valence electrons. The number of alkyl halides is 1. The normalized spacial score (nSPS) is 12.1. The summed E-state index contributed by atoms with van der Waals surface area (Å²) in [7, 11) is 0. The molecule has 1 unspecified atom stereocenters. The molecule has 0 radical (unpaired) electrons. The molecule has 3 aromatic rings. The van der Waals surface area contributed by atoms with Crippen molar-refractivity contribution in [3.63, 3.8) is 0 Å². The van der Waals surface area contributed by atoms with E-state index in [2.05, 4.69) is 5.32 Å².